The number of phenolic OH excluding ortho intramolecular Hbond substituents is 1. The lowest BCUT2D eigenvalue weighted by Crippen LogP contribution is -1.96. The quantitative estimate of drug-likeness (QED) is 0.806. The Kier molecular flexibility index (Phi) is 4.18. The number of esters is 1. The van der Waals surface area contributed by atoms with Gasteiger partial charge >= 0.3 is 5.97 Å². The third-order valence-electron chi connectivity index (χ3n) is 1.80. The van der Waals surface area contributed by atoms with Crippen LogP contribution in [-0.2, 0) is 9.53 Å². The summed E-state index contributed by atoms with van der Waals surface area (Å²) in [5, 5.41) is 9.96. The van der Waals surface area contributed by atoms with Crippen LogP contribution in [0.2, 0.25) is 5.02 Å². The minimum atomic E-state index is -0.326. The van der Waals surface area contributed by atoms with Crippen LogP contribution < -0.4 is 0 Å². The average Bonchev–Trinajstić information content (AvgIpc) is 2.23. The highest BCUT2D eigenvalue weighted by atomic mass is 35.5. The zero-order chi connectivity index (χ0) is 11.3. The van der Waals surface area contributed by atoms with Gasteiger partial charge in [0.1, 0.15) is 5.75 Å². The van der Waals surface area contributed by atoms with Gasteiger partial charge in [-0.25, -0.2) is 0 Å². The number of hydrogen-bond acceptors (Lipinski definition) is 3. The van der Waals surface area contributed by atoms with Crippen molar-refractivity contribution in [2.24, 2.45) is 0 Å². The fourth-order valence-electron chi connectivity index (χ4n) is 1.02. The summed E-state index contributed by atoms with van der Waals surface area (Å²) in [5.41, 5.74) is 0.575. The number of rotatable bonds is 3. The second-order valence-corrected chi connectivity index (χ2v) is 3.32. The topological polar surface area (TPSA) is 46.5 Å². The van der Waals surface area contributed by atoms with Crippen LogP contribution >= 0.6 is 11.6 Å². The van der Waals surface area contributed by atoms with E-state index in [0.717, 1.165) is 0 Å². The Morgan fingerprint density at radius 2 is 2.33 bits per heavy atom. The van der Waals surface area contributed by atoms with Crippen molar-refractivity contribution in [3.05, 3.63) is 34.9 Å². The molecule has 0 radical (unpaired) electrons. The molecule has 0 atom stereocenters. The van der Waals surface area contributed by atoms with Crippen molar-refractivity contribution in [3.63, 3.8) is 0 Å². The zero-order valence-electron chi connectivity index (χ0n) is 8.24. The number of ether oxygens (including phenoxy) is 1. The van der Waals surface area contributed by atoms with Crippen molar-refractivity contribution in [2.45, 2.75) is 6.42 Å². The van der Waals surface area contributed by atoms with Crippen LogP contribution in [0.4, 0.5) is 0 Å². The highest BCUT2D eigenvalue weighted by Gasteiger charge is 1.99. The summed E-state index contributed by atoms with van der Waals surface area (Å²) in [6.07, 6.45) is 3.40. The molecular weight excluding hydrogens is 216 g/mol. The molecule has 0 aliphatic heterocycles. The SMILES string of the molecule is COC(=O)CC=Cc1cc(Cl)ccc1O. The van der Waals surface area contributed by atoms with E-state index in [4.69, 9.17) is 11.6 Å². The van der Waals surface area contributed by atoms with E-state index in [9.17, 15) is 9.90 Å². The first-order chi connectivity index (χ1) is 7.13. The van der Waals surface area contributed by atoms with Gasteiger partial charge in [-0.1, -0.05) is 23.8 Å². The van der Waals surface area contributed by atoms with Crippen LogP contribution in [0.3, 0.4) is 0 Å². The summed E-state index contributed by atoms with van der Waals surface area (Å²) in [6.45, 7) is 0. The van der Waals surface area contributed by atoms with E-state index < -0.39 is 0 Å². The minimum absolute atomic E-state index is 0.125. The molecule has 4 heteroatoms. The highest BCUT2D eigenvalue weighted by Crippen LogP contribution is 2.22. The second-order valence-electron chi connectivity index (χ2n) is 2.89. The molecular formula is C11H11ClO3. The number of aromatic hydroxyl groups is 1. The summed E-state index contributed by atoms with van der Waals surface area (Å²) < 4.78 is 4.46. The number of benzene rings is 1. The van der Waals surface area contributed by atoms with E-state index >= 15 is 0 Å². The Hall–Kier alpha value is -1.48. The van der Waals surface area contributed by atoms with Gasteiger partial charge in [-0.2, -0.15) is 0 Å². The fourth-order valence-corrected chi connectivity index (χ4v) is 1.20. The lowest BCUT2D eigenvalue weighted by molar-refractivity contribution is -0.139. The molecule has 0 saturated heterocycles. The van der Waals surface area contributed by atoms with Gasteiger partial charge < -0.3 is 9.84 Å². The van der Waals surface area contributed by atoms with Crippen molar-refractivity contribution in [1.82, 2.24) is 0 Å². The Balaban J connectivity index is 2.71. The van der Waals surface area contributed by atoms with Gasteiger partial charge in [-0.3, -0.25) is 4.79 Å². The molecule has 0 amide bonds. The number of carbonyl (C=O) groups is 1. The van der Waals surface area contributed by atoms with Gasteiger partial charge in [0.15, 0.2) is 0 Å². The maximum atomic E-state index is 10.8. The fraction of sp³-hybridized carbons (Fsp3) is 0.182. The van der Waals surface area contributed by atoms with Crippen molar-refractivity contribution in [1.29, 1.82) is 0 Å². The predicted molar refractivity (Wildman–Crippen MR) is 58.8 cm³/mol. The first-order valence-electron chi connectivity index (χ1n) is 4.35. The minimum Gasteiger partial charge on any atom is -0.507 e. The van der Waals surface area contributed by atoms with Crippen LogP contribution in [0.25, 0.3) is 6.08 Å². The lowest BCUT2D eigenvalue weighted by Gasteiger charge is -1.99. The summed E-state index contributed by atoms with van der Waals surface area (Å²) in [7, 11) is 1.33. The molecule has 80 valence electrons. The second kappa shape index (κ2) is 5.41. The molecule has 0 aliphatic carbocycles. The van der Waals surface area contributed by atoms with Crippen LogP contribution in [0, 0.1) is 0 Å². The lowest BCUT2D eigenvalue weighted by atomic mass is 10.2. The van der Waals surface area contributed by atoms with Crippen molar-refractivity contribution in [2.75, 3.05) is 7.11 Å². The molecule has 1 rings (SSSR count). The Bertz CT molecular complexity index is 385. The monoisotopic (exact) mass is 226 g/mol. The zero-order valence-corrected chi connectivity index (χ0v) is 8.99. The van der Waals surface area contributed by atoms with E-state index in [1.54, 1.807) is 24.3 Å². The maximum absolute atomic E-state index is 10.8. The smallest absolute Gasteiger partial charge is 0.309 e. The molecule has 1 aromatic carbocycles. The van der Waals surface area contributed by atoms with E-state index in [-0.39, 0.29) is 18.1 Å². The van der Waals surface area contributed by atoms with Crippen LogP contribution in [0.15, 0.2) is 24.3 Å². The van der Waals surface area contributed by atoms with Crippen LogP contribution in [0.5, 0.6) is 5.75 Å². The molecule has 0 bridgehead atoms. The van der Waals surface area contributed by atoms with Gasteiger partial charge in [-0.05, 0) is 18.2 Å². The molecule has 0 aromatic heterocycles. The predicted octanol–water partition coefficient (Wildman–Crippen LogP) is 2.62. The third-order valence-corrected chi connectivity index (χ3v) is 2.03. The largest absolute Gasteiger partial charge is 0.507 e. The van der Waals surface area contributed by atoms with Crippen molar-refractivity contribution in [3.8, 4) is 5.75 Å². The van der Waals surface area contributed by atoms with Gasteiger partial charge in [0.05, 0.1) is 13.5 Å². The molecule has 15 heavy (non-hydrogen) atoms. The molecule has 0 heterocycles. The first kappa shape index (κ1) is 11.6. The van der Waals surface area contributed by atoms with Crippen molar-refractivity contribution >= 4 is 23.6 Å². The van der Waals surface area contributed by atoms with Crippen molar-refractivity contribution < 1.29 is 14.6 Å². The maximum Gasteiger partial charge on any atom is 0.309 e. The Morgan fingerprint density at radius 1 is 1.60 bits per heavy atom. The normalized spacial score (nSPS) is 10.5. The Morgan fingerprint density at radius 3 is 3.00 bits per heavy atom. The average molecular weight is 227 g/mol. The Labute approximate surface area is 92.9 Å². The van der Waals surface area contributed by atoms with Crippen LogP contribution in [0.1, 0.15) is 12.0 Å². The van der Waals surface area contributed by atoms with E-state index in [0.29, 0.717) is 10.6 Å². The standard InChI is InChI=1S/C11H11ClO3/c1-15-11(14)4-2-3-8-7-9(12)5-6-10(8)13/h2-3,5-7,13H,4H2,1H3. The number of carbonyl (C=O) groups excluding carboxylic acids is 1. The van der Waals surface area contributed by atoms with Gasteiger partial charge in [0.25, 0.3) is 0 Å². The third kappa shape index (κ3) is 3.64. The summed E-state index contributed by atoms with van der Waals surface area (Å²) >= 11 is 5.75. The van der Waals surface area contributed by atoms with Gasteiger partial charge in [0.2, 0.25) is 0 Å². The number of halogens is 1. The molecule has 0 unspecified atom stereocenters. The van der Waals surface area contributed by atoms with Crippen LogP contribution in [-0.4, -0.2) is 18.2 Å². The molecule has 1 aromatic rings. The first-order valence-corrected chi connectivity index (χ1v) is 4.73. The van der Waals surface area contributed by atoms with E-state index in [2.05, 4.69) is 4.74 Å². The number of methoxy groups -OCH3 is 1. The molecule has 0 aliphatic rings. The number of phenols is 1. The molecule has 3 nitrogen and oxygen atoms in total. The molecule has 0 saturated carbocycles. The summed E-state index contributed by atoms with van der Waals surface area (Å²) in [6, 6.07) is 4.71. The van der Waals surface area contributed by atoms with Gasteiger partial charge in [-0.15, -0.1) is 0 Å². The summed E-state index contributed by atoms with van der Waals surface area (Å²) in [4.78, 5) is 10.8. The molecule has 0 spiro atoms. The molecule has 1 N–H and O–H groups in total. The van der Waals surface area contributed by atoms with E-state index in [1.165, 1.54) is 13.2 Å². The number of hydrogen-bond donors (Lipinski definition) is 1. The highest BCUT2D eigenvalue weighted by molar-refractivity contribution is 6.30. The van der Waals surface area contributed by atoms with Gasteiger partial charge in [0, 0.05) is 10.6 Å². The summed E-state index contributed by atoms with van der Waals surface area (Å²) in [5.74, 6) is -0.201. The van der Waals surface area contributed by atoms with E-state index in [1.807, 2.05) is 0 Å². The molecule has 0 fully saturated rings.